The Morgan fingerprint density at radius 2 is 1.95 bits per heavy atom. The highest BCUT2D eigenvalue weighted by atomic mass is 19.4. The summed E-state index contributed by atoms with van der Waals surface area (Å²) in [4.78, 5) is 23.1. The van der Waals surface area contributed by atoms with E-state index in [0.29, 0.717) is 16.8 Å². The first-order chi connectivity index (χ1) is 17.5. The summed E-state index contributed by atoms with van der Waals surface area (Å²) in [6, 6.07) is 12.6. The number of nitriles is 1. The second-order valence-electron chi connectivity index (χ2n) is 8.42. The second-order valence-corrected chi connectivity index (χ2v) is 8.42. The molecule has 0 bridgehead atoms. The number of rotatable bonds is 5. The number of allylic oxidation sites excluding steroid dienone is 2. The molecule has 2 aromatic carbocycles. The fourth-order valence-electron chi connectivity index (χ4n) is 3.92. The minimum absolute atomic E-state index is 0.0693. The van der Waals surface area contributed by atoms with Crippen LogP contribution in [0.15, 0.2) is 59.9 Å². The van der Waals surface area contributed by atoms with Gasteiger partial charge in [0.2, 0.25) is 23.5 Å². The lowest BCUT2D eigenvalue weighted by atomic mass is 9.99. The van der Waals surface area contributed by atoms with Crippen molar-refractivity contribution in [3.05, 3.63) is 88.0 Å². The molecule has 1 atom stereocenters. The third kappa shape index (κ3) is 4.82. The molecule has 12 heteroatoms. The first-order valence-electron chi connectivity index (χ1n) is 11.0. The number of aromatic nitrogens is 3. The zero-order valence-corrected chi connectivity index (χ0v) is 20.1. The van der Waals surface area contributed by atoms with Crippen molar-refractivity contribution in [2.45, 2.75) is 19.1 Å². The topological polar surface area (TPSA) is 94.4 Å². The maximum atomic E-state index is 13.5. The molecule has 0 aliphatic carbocycles. The largest absolute Gasteiger partial charge is 0.416 e. The predicted molar refractivity (Wildman–Crippen MR) is 129 cm³/mol. The second kappa shape index (κ2) is 9.66. The number of fused-ring (bicyclic) bond motifs is 1. The van der Waals surface area contributed by atoms with Crippen LogP contribution >= 0.6 is 0 Å². The van der Waals surface area contributed by atoms with Crippen molar-refractivity contribution in [2.75, 3.05) is 30.9 Å². The average Bonchev–Trinajstić information content (AvgIpc) is 3.29. The maximum absolute atomic E-state index is 13.5. The number of nitrogens with zero attached hydrogens (tertiary/aromatic N) is 7. The summed E-state index contributed by atoms with van der Waals surface area (Å²) in [5.74, 6) is 0.000499. The Morgan fingerprint density at radius 1 is 1.24 bits per heavy atom. The molecular formula is C25H21F3N8O. The zero-order chi connectivity index (χ0) is 26.9. The first kappa shape index (κ1) is 25.3. The highest BCUT2D eigenvalue weighted by Gasteiger charge is 2.37. The molecule has 0 radical (unpaired) electrons. The summed E-state index contributed by atoms with van der Waals surface area (Å²) in [6.45, 7) is 9.42. The molecule has 1 aliphatic heterocycles. The average molecular weight is 506 g/mol. The summed E-state index contributed by atoms with van der Waals surface area (Å²) in [7, 11) is 3.20. The van der Waals surface area contributed by atoms with Crippen molar-refractivity contribution in [3.63, 3.8) is 0 Å². The Bertz CT molecular complexity index is 1460. The van der Waals surface area contributed by atoms with Gasteiger partial charge in [-0.25, -0.2) is 9.53 Å². The van der Waals surface area contributed by atoms with Crippen LogP contribution < -0.4 is 10.2 Å². The van der Waals surface area contributed by atoms with Crippen LogP contribution in [0.1, 0.15) is 29.7 Å². The molecule has 3 aromatic rings. The number of nitrogens with one attached hydrogen (secondary N) is 1. The van der Waals surface area contributed by atoms with Gasteiger partial charge in [-0.2, -0.15) is 23.4 Å². The van der Waals surface area contributed by atoms with Gasteiger partial charge < -0.3 is 10.2 Å². The molecule has 1 N–H and O–H groups in total. The molecule has 0 saturated heterocycles. The number of benzene rings is 2. The molecule has 1 aliphatic rings. The molecular weight excluding hydrogens is 485 g/mol. The molecule has 1 amide bonds. The molecule has 0 fully saturated rings. The van der Waals surface area contributed by atoms with Crippen LogP contribution in [0.2, 0.25) is 0 Å². The number of hydrogen-bond donors (Lipinski definition) is 1. The third-order valence-corrected chi connectivity index (χ3v) is 5.83. The van der Waals surface area contributed by atoms with Crippen molar-refractivity contribution in [1.29, 1.82) is 5.26 Å². The van der Waals surface area contributed by atoms with Crippen molar-refractivity contribution in [2.24, 2.45) is 0 Å². The molecule has 188 valence electrons. The smallest absolute Gasteiger partial charge is 0.347 e. The van der Waals surface area contributed by atoms with Gasteiger partial charge in [0, 0.05) is 25.5 Å². The zero-order valence-electron chi connectivity index (χ0n) is 20.1. The molecule has 4 rings (SSSR count). The van der Waals surface area contributed by atoms with E-state index >= 15 is 0 Å². The van der Waals surface area contributed by atoms with E-state index in [2.05, 4.69) is 20.2 Å². The molecule has 9 nitrogen and oxygen atoms in total. The van der Waals surface area contributed by atoms with Gasteiger partial charge in [0.25, 0.3) is 0 Å². The lowest BCUT2D eigenvalue weighted by molar-refractivity contribution is -0.137. The number of halogens is 3. The highest BCUT2D eigenvalue weighted by molar-refractivity contribution is 5.80. The van der Waals surface area contributed by atoms with Gasteiger partial charge in [0.05, 0.1) is 30.3 Å². The summed E-state index contributed by atoms with van der Waals surface area (Å²) in [5.41, 5.74) is 0.956. The van der Waals surface area contributed by atoms with Crippen LogP contribution in [-0.4, -0.2) is 46.2 Å². The quantitative estimate of drug-likeness (QED) is 0.510. The maximum Gasteiger partial charge on any atom is 0.416 e. The van der Waals surface area contributed by atoms with E-state index in [-0.39, 0.29) is 35.7 Å². The number of alkyl halides is 3. The van der Waals surface area contributed by atoms with E-state index in [9.17, 15) is 18.0 Å². The van der Waals surface area contributed by atoms with E-state index in [1.54, 1.807) is 45.3 Å². The number of likely N-dealkylation sites (N-methyl/N-ethyl adjacent to an activating group) is 1. The Labute approximate surface area is 210 Å². The van der Waals surface area contributed by atoms with Crippen LogP contribution in [0.5, 0.6) is 0 Å². The summed E-state index contributed by atoms with van der Waals surface area (Å²) >= 11 is 0. The minimum atomic E-state index is -4.57. The molecule has 0 spiro atoms. The standard InChI is InChI=1S/C25H21F3N8O/c1-15-21(30-2)22(17-10-8-16(13-29)9-11-17)36-24(32-23(33-36)31-14-20(37)34(3)4)35(15)19-7-5-6-18(12-19)25(26,27)28/h5-12,22H,14H2,1,3-4H3,(H,31,33)/t22-/m1/s1. The molecule has 1 aromatic heterocycles. The monoisotopic (exact) mass is 506 g/mol. The van der Waals surface area contributed by atoms with Crippen molar-refractivity contribution in [3.8, 4) is 6.07 Å². The molecule has 0 saturated carbocycles. The number of hydrogen-bond acceptors (Lipinski definition) is 6. The van der Waals surface area contributed by atoms with Gasteiger partial charge in [0.1, 0.15) is 6.04 Å². The molecule has 0 unspecified atom stereocenters. The number of carbonyl (C=O) groups is 1. The Hall–Kier alpha value is -4.84. The van der Waals surface area contributed by atoms with Crippen molar-refractivity contribution in [1.82, 2.24) is 19.7 Å². The van der Waals surface area contributed by atoms with Crippen LogP contribution in [0.4, 0.5) is 30.8 Å². The lowest BCUT2D eigenvalue weighted by Crippen LogP contribution is -2.30. The van der Waals surface area contributed by atoms with E-state index < -0.39 is 17.8 Å². The Kier molecular flexibility index (Phi) is 6.60. The van der Waals surface area contributed by atoms with E-state index in [0.717, 1.165) is 12.1 Å². The SMILES string of the molecule is [C-]#[N+]C1=C(C)N(c2cccc(C(F)(F)F)c2)c2nc(NCC(=O)N(C)C)nn2[C@@H]1c1ccc(C#N)cc1. The fraction of sp³-hybridized carbons (Fsp3) is 0.240. The van der Waals surface area contributed by atoms with Crippen LogP contribution in [0.3, 0.4) is 0 Å². The van der Waals surface area contributed by atoms with Crippen molar-refractivity contribution < 1.29 is 18.0 Å². The summed E-state index contributed by atoms with van der Waals surface area (Å²) in [5, 5.41) is 16.5. The Morgan fingerprint density at radius 3 is 2.54 bits per heavy atom. The first-order valence-corrected chi connectivity index (χ1v) is 11.0. The van der Waals surface area contributed by atoms with Crippen LogP contribution in [-0.2, 0) is 11.0 Å². The van der Waals surface area contributed by atoms with Gasteiger partial charge in [-0.15, -0.1) is 5.10 Å². The molecule has 37 heavy (non-hydrogen) atoms. The van der Waals surface area contributed by atoms with E-state index in [1.807, 2.05) is 6.07 Å². The van der Waals surface area contributed by atoms with Crippen LogP contribution in [0.25, 0.3) is 4.85 Å². The fourth-order valence-corrected chi connectivity index (χ4v) is 3.92. The summed E-state index contributed by atoms with van der Waals surface area (Å²) < 4.78 is 41.9. The van der Waals surface area contributed by atoms with Gasteiger partial charge in [-0.05, 0) is 42.8 Å². The molecule has 2 heterocycles. The lowest BCUT2D eigenvalue weighted by Gasteiger charge is -2.34. The normalized spacial score (nSPS) is 15.0. The number of amides is 1. The Balaban J connectivity index is 1.89. The van der Waals surface area contributed by atoms with Gasteiger partial charge >= 0.3 is 6.18 Å². The summed E-state index contributed by atoms with van der Waals surface area (Å²) in [6.07, 6.45) is -4.57. The number of anilines is 3. The minimum Gasteiger partial charge on any atom is -0.347 e. The van der Waals surface area contributed by atoms with Gasteiger partial charge in [-0.1, -0.05) is 18.2 Å². The van der Waals surface area contributed by atoms with Gasteiger partial charge in [-0.3, -0.25) is 9.69 Å². The van der Waals surface area contributed by atoms with E-state index in [4.69, 9.17) is 11.8 Å². The predicted octanol–water partition coefficient (Wildman–Crippen LogP) is 4.56. The van der Waals surface area contributed by atoms with E-state index in [1.165, 1.54) is 26.6 Å². The highest BCUT2D eigenvalue weighted by Crippen LogP contribution is 2.44. The van der Waals surface area contributed by atoms with Crippen LogP contribution in [0, 0.1) is 17.9 Å². The van der Waals surface area contributed by atoms with Gasteiger partial charge in [0.15, 0.2) is 0 Å². The number of carbonyl (C=O) groups excluding carboxylic acids is 1. The van der Waals surface area contributed by atoms with Crippen molar-refractivity contribution >= 4 is 23.5 Å². The third-order valence-electron chi connectivity index (χ3n) is 5.83.